The highest BCUT2D eigenvalue weighted by atomic mass is 16.1. The zero-order chi connectivity index (χ0) is 15.2. The van der Waals surface area contributed by atoms with Crippen molar-refractivity contribution in [3.63, 3.8) is 0 Å². The Morgan fingerprint density at radius 2 is 1.40 bits per heavy atom. The predicted molar refractivity (Wildman–Crippen MR) is 89.2 cm³/mol. The lowest BCUT2D eigenvalue weighted by atomic mass is 9.92. The number of hydrogen-bond donors (Lipinski definition) is 1. The minimum atomic E-state index is 0.293. The van der Waals surface area contributed by atoms with Crippen molar-refractivity contribution in [2.24, 2.45) is 5.92 Å². The van der Waals surface area contributed by atoms with E-state index in [-0.39, 0.29) is 0 Å². The number of rotatable bonds is 14. The van der Waals surface area contributed by atoms with Gasteiger partial charge in [-0.25, -0.2) is 0 Å². The molecule has 0 aromatic heterocycles. The molecule has 0 heterocycles. The van der Waals surface area contributed by atoms with Gasteiger partial charge in [0.15, 0.2) is 0 Å². The molecule has 0 aliphatic rings. The fourth-order valence-corrected chi connectivity index (χ4v) is 2.80. The molecule has 2 atom stereocenters. The quantitative estimate of drug-likeness (QED) is 0.480. The molecule has 0 aromatic carbocycles. The van der Waals surface area contributed by atoms with Crippen LogP contribution in [0.5, 0.6) is 0 Å². The Labute approximate surface area is 127 Å². The molecule has 0 spiro atoms. The first-order valence-electron chi connectivity index (χ1n) is 8.95. The second-order valence-electron chi connectivity index (χ2n) is 6.10. The number of carbonyl (C=O) groups is 1. The van der Waals surface area contributed by atoms with E-state index in [1.807, 2.05) is 0 Å². The van der Waals surface area contributed by atoms with Crippen LogP contribution in [0.2, 0.25) is 0 Å². The summed E-state index contributed by atoms with van der Waals surface area (Å²) < 4.78 is 0. The van der Waals surface area contributed by atoms with Crippen LogP contribution in [-0.2, 0) is 4.79 Å². The van der Waals surface area contributed by atoms with Crippen molar-refractivity contribution in [3.05, 3.63) is 0 Å². The van der Waals surface area contributed by atoms with Crippen LogP contribution in [0.15, 0.2) is 0 Å². The highest BCUT2D eigenvalue weighted by Gasteiger charge is 2.18. The van der Waals surface area contributed by atoms with E-state index in [0.29, 0.717) is 24.3 Å². The standard InChI is InChI=1S/C18H37NO/c1-5-9-13-16(11-7-3)18(20)15-19-17(12-8-4)14-10-6-2/h16-17,19H,5-15H2,1-4H3. The number of Topliss-reactive ketones (excluding diaryl/α,β-unsaturated/α-hetero) is 1. The van der Waals surface area contributed by atoms with Gasteiger partial charge in [-0.2, -0.15) is 0 Å². The molecule has 2 unspecified atom stereocenters. The van der Waals surface area contributed by atoms with Gasteiger partial charge in [0.25, 0.3) is 0 Å². The van der Waals surface area contributed by atoms with Crippen LogP contribution in [0, 0.1) is 5.92 Å². The van der Waals surface area contributed by atoms with Crippen molar-refractivity contribution < 1.29 is 4.79 Å². The first-order valence-corrected chi connectivity index (χ1v) is 8.95. The number of ketones is 1. The third-order valence-corrected chi connectivity index (χ3v) is 4.11. The lowest BCUT2D eigenvalue weighted by Gasteiger charge is -2.20. The molecule has 0 saturated carbocycles. The normalized spacial score (nSPS) is 14.2. The van der Waals surface area contributed by atoms with Crippen LogP contribution in [-0.4, -0.2) is 18.4 Å². The molecule has 2 nitrogen and oxygen atoms in total. The molecule has 0 rings (SSSR count). The molecule has 120 valence electrons. The van der Waals surface area contributed by atoms with E-state index in [1.54, 1.807) is 0 Å². The molecule has 0 aromatic rings. The summed E-state index contributed by atoms with van der Waals surface area (Å²) in [5, 5.41) is 3.52. The molecule has 0 saturated heterocycles. The van der Waals surface area contributed by atoms with Crippen LogP contribution in [0.1, 0.15) is 91.9 Å². The molecule has 2 heteroatoms. The summed E-state index contributed by atoms with van der Waals surface area (Å²) in [6.45, 7) is 9.43. The Kier molecular flexibility index (Phi) is 13.4. The minimum Gasteiger partial charge on any atom is -0.307 e. The maximum atomic E-state index is 12.4. The van der Waals surface area contributed by atoms with Crippen molar-refractivity contribution in [2.75, 3.05) is 6.54 Å². The van der Waals surface area contributed by atoms with Gasteiger partial charge in [0.1, 0.15) is 5.78 Å². The number of nitrogens with one attached hydrogen (secondary N) is 1. The van der Waals surface area contributed by atoms with Crippen molar-refractivity contribution in [3.8, 4) is 0 Å². The van der Waals surface area contributed by atoms with Crippen LogP contribution >= 0.6 is 0 Å². The molecule has 0 bridgehead atoms. The third kappa shape index (κ3) is 9.52. The Bertz CT molecular complexity index is 227. The van der Waals surface area contributed by atoms with Gasteiger partial charge in [0, 0.05) is 12.0 Å². The second-order valence-corrected chi connectivity index (χ2v) is 6.10. The van der Waals surface area contributed by atoms with Crippen LogP contribution in [0.3, 0.4) is 0 Å². The smallest absolute Gasteiger partial charge is 0.149 e. The average Bonchev–Trinajstić information content (AvgIpc) is 2.46. The third-order valence-electron chi connectivity index (χ3n) is 4.11. The van der Waals surface area contributed by atoms with E-state index in [4.69, 9.17) is 0 Å². The fraction of sp³-hybridized carbons (Fsp3) is 0.944. The second kappa shape index (κ2) is 13.6. The fourth-order valence-electron chi connectivity index (χ4n) is 2.80. The van der Waals surface area contributed by atoms with Crippen molar-refractivity contribution in [1.29, 1.82) is 0 Å². The van der Waals surface area contributed by atoms with Gasteiger partial charge in [-0.3, -0.25) is 4.79 Å². The lowest BCUT2D eigenvalue weighted by Crippen LogP contribution is -2.36. The average molecular weight is 284 g/mol. The molecule has 0 aliphatic heterocycles. The molecule has 0 radical (unpaired) electrons. The number of unbranched alkanes of at least 4 members (excludes halogenated alkanes) is 2. The molecule has 20 heavy (non-hydrogen) atoms. The maximum Gasteiger partial charge on any atom is 0.149 e. The van der Waals surface area contributed by atoms with Gasteiger partial charge in [-0.15, -0.1) is 0 Å². The summed E-state index contributed by atoms with van der Waals surface area (Å²) in [7, 11) is 0. The highest BCUT2D eigenvalue weighted by molar-refractivity contribution is 5.82. The summed E-state index contributed by atoms with van der Waals surface area (Å²) >= 11 is 0. The Hall–Kier alpha value is -0.370. The zero-order valence-corrected chi connectivity index (χ0v) is 14.3. The zero-order valence-electron chi connectivity index (χ0n) is 14.3. The first-order chi connectivity index (χ1) is 9.69. The topological polar surface area (TPSA) is 29.1 Å². The first kappa shape index (κ1) is 19.6. The summed E-state index contributed by atoms with van der Waals surface area (Å²) in [6.07, 6.45) is 11.8. The van der Waals surface area contributed by atoms with Gasteiger partial charge in [0.2, 0.25) is 0 Å². The predicted octanol–water partition coefficient (Wildman–Crippen LogP) is 5.11. The van der Waals surface area contributed by atoms with Gasteiger partial charge < -0.3 is 5.32 Å². The summed E-state index contributed by atoms with van der Waals surface area (Å²) in [6, 6.07) is 0.539. The van der Waals surface area contributed by atoms with Crippen LogP contribution in [0.25, 0.3) is 0 Å². The number of hydrogen-bond acceptors (Lipinski definition) is 2. The molecule has 0 amide bonds. The van der Waals surface area contributed by atoms with Crippen molar-refractivity contribution in [1.82, 2.24) is 5.32 Å². The highest BCUT2D eigenvalue weighted by Crippen LogP contribution is 2.16. The number of carbonyl (C=O) groups excluding carboxylic acids is 1. The van der Waals surface area contributed by atoms with E-state index >= 15 is 0 Å². The molecule has 0 fully saturated rings. The molecular weight excluding hydrogens is 246 g/mol. The van der Waals surface area contributed by atoms with E-state index < -0.39 is 0 Å². The largest absolute Gasteiger partial charge is 0.307 e. The van der Waals surface area contributed by atoms with Crippen LogP contribution in [0.4, 0.5) is 0 Å². The Morgan fingerprint density at radius 3 is 1.95 bits per heavy atom. The van der Waals surface area contributed by atoms with Crippen LogP contribution < -0.4 is 5.32 Å². The lowest BCUT2D eigenvalue weighted by molar-refractivity contribution is -0.122. The Balaban J connectivity index is 4.16. The van der Waals surface area contributed by atoms with Crippen molar-refractivity contribution in [2.45, 2.75) is 97.9 Å². The summed E-state index contributed by atoms with van der Waals surface area (Å²) in [5.41, 5.74) is 0. The Morgan fingerprint density at radius 1 is 0.800 bits per heavy atom. The van der Waals surface area contributed by atoms with Gasteiger partial charge in [-0.05, 0) is 25.7 Å². The van der Waals surface area contributed by atoms with E-state index in [2.05, 4.69) is 33.0 Å². The molecule has 0 aliphatic carbocycles. The molecule has 1 N–H and O–H groups in total. The summed E-state index contributed by atoms with van der Waals surface area (Å²) in [4.78, 5) is 12.4. The van der Waals surface area contributed by atoms with E-state index in [1.165, 1.54) is 44.9 Å². The van der Waals surface area contributed by atoms with Crippen molar-refractivity contribution >= 4 is 5.78 Å². The van der Waals surface area contributed by atoms with E-state index in [0.717, 1.165) is 19.3 Å². The SMILES string of the molecule is CCCCC(CCC)NCC(=O)C(CCC)CCCC. The van der Waals surface area contributed by atoms with Gasteiger partial charge in [-0.1, -0.05) is 66.2 Å². The maximum absolute atomic E-state index is 12.4. The summed E-state index contributed by atoms with van der Waals surface area (Å²) in [5.74, 6) is 0.735. The van der Waals surface area contributed by atoms with Gasteiger partial charge in [0.05, 0.1) is 6.54 Å². The van der Waals surface area contributed by atoms with E-state index in [9.17, 15) is 4.79 Å². The molecular formula is C18H37NO. The minimum absolute atomic E-state index is 0.293. The monoisotopic (exact) mass is 283 g/mol. The van der Waals surface area contributed by atoms with Gasteiger partial charge >= 0.3 is 0 Å².